The lowest BCUT2D eigenvalue weighted by Gasteiger charge is -2.09. The van der Waals surface area contributed by atoms with Crippen LogP contribution in [0.5, 0.6) is 5.75 Å². The van der Waals surface area contributed by atoms with Gasteiger partial charge in [-0.15, -0.1) is 0 Å². The van der Waals surface area contributed by atoms with Gasteiger partial charge < -0.3 is 9.47 Å². The maximum Gasteiger partial charge on any atom is 0.341 e. The summed E-state index contributed by atoms with van der Waals surface area (Å²) in [7, 11) is 1.61. The van der Waals surface area contributed by atoms with Gasteiger partial charge in [-0.25, -0.2) is 14.8 Å². The van der Waals surface area contributed by atoms with Crippen LogP contribution in [0.2, 0.25) is 0 Å². The molecule has 6 heteroatoms. The van der Waals surface area contributed by atoms with Crippen molar-refractivity contribution in [1.29, 1.82) is 0 Å². The Labute approximate surface area is 127 Å². The van der Waals surface area contributed by atoms with Crippen LogP contribution in [0.15, 0.2) is 35.6 Å². The van der Waals surface area contributed by atoms with Crippen LogP contribution < -0.4 is 4.74 Å². The molecule has 0 bridgehead atoms. The highest BCUT2D eigenvalue weighted by Gasteiger charge is 2.17. The first-order chi connectivity index (χ1) is 10.2. The molecule has 0 fully saturated rings. The summed E-state index contributed by atoms with van der Waals surface area (Å²) in [6.07, 6.45) is 3.40. The Kier molecular flexibility index (Phi) is 5.16. The normalized spacial score (nSPS) is 10.2. The van der Waals surface area contributed by atoms with Gasteiger partial charge in [-0.2, -0.15) is 0 Å². The zero-order valence-electron chi connectivity index (χ0n) is 12.1. The minimum absolute atomic E-state index is 0.311. The van der Waals surface area contributed by atoms with Gasteiger partial charge in [0.25, 0.3) is 0 Å². The lowest BCUT2D eigenvalue weighted by molar-refractivity contribution is 0.0526. The lowest BCUT2D eigenvalue weighted by Crippen LogP contribution is -2.09. The molecule has 0 atom stereocenters. The van der Waals surface area contributed by atoms with E-state index in [1.807, 2.05) is 30.5 Å². The number of esters is 1. The largest absolute Gasteiger partial charge is 0.497 e. The topological polar surface area (TPSA) is 61.3 Å². The number of ether oxygens (including phenoxy) is 2. The Bertz CT molecular complexity index is 629. The van der Waals surface area contributed by atoms with Crippen molar-refractivity contribution in [2.75, 3.05) is 20.0 Å². The van der Waals surface area contributed by atoms with E-state index in [1.165, 1.54) is 18.0 Å². The Morgan fingerprint density at radius 2 is 2.00 bits per heavy atom. The fourth-order valence-electron chi connectivity index (χ4n) is 1.79. The molecular weight excluding hydrogens is 288 g/mol. The minimum atomic E-state index is -0.420. The van der Waals surface area contributed by atoms with E-state index in [9.17, 15) is 4.79 Å². The second-order valence-corrected chi connectivity index (χ2v) is 4.84. The molecule has 21 heavy (non-hydrogen) atoms. The van der Waals surface area contributed by atoms with Gasteiger partial charge in [-0.3, -0.25) is 0 Å². The molecule has 0 saturated heterocycles. The molecule has 2 rings (SSSR count). The second-order valence-electron chi connectivity index (χ2n) is 4.07. The second kappa shape index (κ2) is 7.08. The van der Waals surface area contributed by atoms with Crippen molar-refractivity contribution in [3.8, 4) is 17.0 Å². The quantitative estimate of drug-likeness (QED) is 0.480. The molecule has 0 amide bonds. The number of carbonyl (C=O) groups is 1. The number of nitrogens with zero attached hydrogens (tertiary/aromatic N) is 2. The number of aromatic nitrogens is 2. The van der Waals surface area contributed by atoms with Gasteiger partial charge in [0.05, 0.1) is 19.4 Å². The van der Waals surface area contributed by atoms with E-state index < -0.39 is 5.97 Å². The molecule has 2 aromatic rings. The molecule has 0 unspecified atom stereocenters. The summed E-state index contributed by atoms with van der Waals surface area (Å²) < 4.78 is 10.2. The molecule has 0 aliphatic heterocycles. The average molecular weight is 304 g/mol. The first-order valence-electron chi connectivity index (χ1n) is 6.42. The summed E-state index contributed by atoms with van der Waals surface area (Å²) in [5.74, 6) is 0.326. The predicted molar refractivity (Wildman–Crippen MR) is 81.8 cm³/mol. The third kappa shape index (κ3) is 3.52. The van der Waals surface area contributed by atoms with Gasteiger partial charge in [-0.05, 0) is 37.4 Å². The molecule has 0 radical (unpaired) electrons. The summed E-state index contributed by atoms with van der Waals surface area (Å²) in [5.41, 5.74) is 1.74. The van der Waals surface area contributed by atoms with Crippen LogP contribution in [0.1, 0.15) is 17.3 Å². The number of rotatable bonds is 5. The van der Waals surface area contributed by atoms with E-state index in [4.69, 9.17) is 9.47 Å². The van der Waals surface area contributed by atoms with Gasteiger partial charge in [0.15, 0.2) is 5.16 Å². The third-order valence-corrected chi connectivity index (χ3v) is 3.37. The van der Waals surface area contributed by atoms with Crippen LogP contribution in [-0.4, -0.2) is 35.9 Å². The van der Waals surface area contributed by atoms with Crippen molar-refractivity contribution >= 4 is 17.7 Å². The van der Waals surface area contributed by atoms with Crippen LogP contribution >= 0.6 is 11.8 Å². The zero-order chi connectivity index (χ0) is 15.2. The standard InChI is InChI=1S/C15H16N2O3S/c1-4-20-14(18)12-9-16-15(21-3)17-13(12)10-5-7-11(19-2)8-6-10/h5-9H,4H2,1-3H3. The van der Waals surface area contributed by atoms with Crippen LogP contribution in [0, 0.1) is 0 Å². The monoisotopic (exact) mass is 304 g/mol. The summed E-state index contributed by atoms with van der Waals surface area (Å²) in [6, 6.07) is 7.36. The van der Waals surface area contributed by atoms with Gasteiger partial charge in [0.2, 0.25) is 0 Å². The maximum absolute atomic E-state index is 12.0. The van der Waals surface area contributed by atoms with Crippen LogP contribution in [0.3, 0.4) is 0 Å². The Morgan fingerprint density at radius 1 is 1.29 bits per heavy atom. The van der Waals surface area contributed by atoms with E-state index >= 15 is 0 Å². The average Bonchev–Trinajstić information content (AvgIpc) is 2.54. The predicted octanol–water partition coefficient (Wildman–Crippen LogP) is 3.05. The molecule has 0 spiro atoms. The summed E-state index contributed by atoms with van der Waals surface area (Å²) in [6.45, 7) is 2.08. The summed E-state index contributed by atoms with van der Waals surface area (Å²) >= 11 is 1.42. The van der Waals surface area contributed by atoms with Crippen molar-refractivity contribution in [2.45, 2.75) is 12.1 Å². The Hall–Kier alpha value is -2.08. The molecule has 1 heterocycles. The SMILES string of the molecule is CCOC(=O)c1cnc(SC)nc1-c1ccc(OC)cc1. The summed E-state index contributed by atoms with van der Waals surface area (Å²) in [4.78, 5) is 20.6. The number of methoxy groups -OCH3 is 1. The van der Waals surface area contributed by atoms with Crippen LogP contribution in [0.4, 0.5) is 0 Å². The van der Waals surface area contributed by atoms with E-state index in [-0.39, 0.29) is 0 Å². The van der Waals surface area contributed by atoms with Gasteiger partial charge in [-0.1, -0.05) is 11.8 Å². The van der Waals surface area contributed by atoms with Crippen molar-refractivity contribution in [3.63, 3.8) is 0 Å². The van der Waals surface area contributed by atoms with Crippen LogP contribution in [0.25, 0.3) is 11.3 Å². The van der Waals surface area contributed by atoms with Gasteiger partial charge in [0, 0.05) is 11.8 Å². The first-order valence-corrected chi connectivity index (χ1v) is 7.64. The fraction of sp³-hybridized carbons (Fsp3) is 0.267. The molecule has 0 aliphatic rings. The van der Waals surface area contributed by atoms with Crippen LogP contribution in [-0.2, 0) is 4.74 Å². The molecule has 0 saturated carbocycles. The molecule has 0 aliphatic carbocycles. The molecule has 0 N–H and O–H groups in total. The highest BCUT2D eigenvalue weighted by molar-refractivity contribution is 7.98. The van der Waals surface area contributed by atoms with Crippen molar-refractivity contribution in [1.82, 2.24) is 9.97 Å². The fourth-order valence-corrected chi connectivity index (χ4v) is 2.13. The Balaban J connectivity index is 2.49. The highest BCUT2D eigenvalue weighted by Crippen LogP contribution is 2.26. The molecule has 1 aromatic heterocycles. The number of carbonyl (C=O) groups excluding carboxylic acids is 1. The molecule has 110 valence electrons. The smallest absolute Gasteiger partial charge is 0.341 e. The molecular formula is C15H16N2O3S. The van der Waals surface area contributed by atoms with Crippen molar-refractivity contribution < 1.29 is 14.3 Å². The van der Waals surface area contributed by atoms with E-state index in [0.29, 0.717) is 23.0 Å². The Morgan fingerprint density at radius 3 is 2.57 bits per heavy atom. The molecule has 1 aromatic carbocycles. The van der Waals surface area contributed by atoms with Gasteiger partial charge >= 0.3 is 5.97 Å². The molecule has 5 nitrogen and oxygen atoms in total. The number of benzene rings is 1. The minimum Gasteiger partial charge on any atom is -0.497 e. The maximum atomic E-state index is 12.0. The first kappa shape index (κ1) is 15.3. The van der Waals surface area contributed by atoms with E-state index in [0.717, 1.165) is 11.3 Å². The third-order valence-electron chi connectivity index (χ3n) is 2.81. The van der Waals surface area contributed by atoms with Gasteiger partial charge in [0.1, 0.15) is 11.3 Å². The summed E-state index contributed by atoms with van der Waals surface area (Å²) in [5, 5.41) is 0.605. The number of hydrogen-bond acceptors (Lipinski definition) is 6. The van der Waals surface area contributed by atoms with Crippen molar-refractivity contribution in [3.05, 3.63) is 36.0 Å². The number of thioether (sulfide) groups is 1. The number of hydrogen-bond donors (Lipinski definition) is 0. The van der Waals surface area contributed by atoms with E-state index in [1.54, 1.807) is 14.0 Å². The van der Waals surface area contributed by atoms with Crippen molar-refractivity contribution in [2.24, 2.45) is 0 Å². The highest BCUT2D eigenvalue weighted by atomic mass is 32.2. The zero-order valence-corrected chi connectivity index (χ0v) is 12.9. The van der Waals surface area contributed by atoms with E-state index in [2.05, 4.69) is 9.97 Å². The lowest BCUT2D eigenvalue weighted by atomic mass is 10.1.